The lowest BCUT2D eigenvalue weighted by Gasteiger charge is -2.36. The molecule has 2 aromatic carbocycles. The van der Waals surface area contributed by atoms with Crippen molar-refractivity contribution in [2.24, 2.45) is 5.92 Å². The molecule has 4 amide bonds. The van der Waals surface area contributed by atoms with E-state index in [4.69, 9.17) is 0 Å². The van der Waals surface area contributed by atoms with Crippen molar-refractivity contribution in [1.29, 1.82) is 0 Å². The van der Waals surface area contributed by atoms with Gasteiger partial charge in [-0.1, -0.05) is 24.3 Å². The molecule has 0 bridgehead atoms. The van der Waals surface area contributed by atoms with E-state index >= 15 is 0 Å². The fourth-order valence-electron chi connectivity index (χ4n) is 6.34. The van der Waals surface area contributed by atoms with Crippen molar-refractivity contribution >= 4 is 23.6 Å². The summed E-state index contributed by atoms with van der Waals surface area (Å²) in [6.45, 7) is 8.82. The van der Waals surface area contributed by atoms with E-state index in [1.165, 1.54) is 24.9 Å². The molecule has 0 saturated carbocycles. The van der Waals surface area contributed by atoms with Crippen molar-refractivity contribution in [1.82, 2.24) is 25.3 Å². The van der Waals surface area contributed by atoms with E-state index in [0.717, 1.165) is 67.8 Å². The average Bonchev–Trinajstić information content (AvgIpc) is 3.19. The van der Waals surface area contributed by atoms with Gasteiger partial charge in [0.05, 0.1) is 11.1 Å². The third-order valence-electron chi connectivity index (χ3n) is 8.54. The second-order valence-corrected chi connectivity index (χ2v) is 11.2. The summed E-state index contributed by atoms with van der Waals surface area (Å²) in [6, 6.07) is 12.7. The van der Waals surface area contributed by atoms with Gasteiger partial charge in [-0.15, -0.1) is 0 Å². The molecule has 1 atom stereocenters. The van der Waals surface area contributed by atoms with Gasteiger partial charge in [0.1, 0.15) is 6.04 Å². The van der Waals surface area contributed by atoms with E-state index in [2.05, 4.69) is 32.6 Å². The first-order chi connectivity index (χ1) is 19.0. The Morgan fingerprint density at radius 1 is 0.769 bits per heavy atom. The second kappa shape index (κ2) is 11.0. The molecule has 1 unspecified atom stereocenters. The van der Waals surface area contributed by atoms with E-state index in [1.54, 1.807) is 12.1 Å². The van der Waals surface area contributed by atoms with Gasteiger partial charge in [-0.3, -0.25) is 34.3 Å². The molecule has 3 fully saturated rings. The number of nitrogens with zero attached hydrogens (tertiary/aromatic N) is 3. The number of amides is 4. The van der Waals surface area contributed by atoms with Crippen molar-refractivity contribution in [3.8, 4) is 11.1 Å². The smallest absolute Gasteiger partial charge is 0.262 e. The van der Waals surface area contributed by atoms with Crippen LogP contribution in [0.4, 0.5) is 0 Å². The number of imide groups is 2. The van der Waals surface area contributed by atoms with Crippen LogP contribution in [0.5, 0.6) is 0 Å². The van der Waals surface area contributed by atoms with Crippen molar-refractivity contribution in [3.05, 3.63) is 59.2 Å². The first-order valence-electron chi connectivity index (χ1n) is 14.1. The second-order valence-electron chi connectivity index (χ2n) is 11.2. The maximum Gasteiger partial charge on any atom is 0.262 e. The lowest BCUT2D eigenvalue weighted by molar-refractivity contribution is -0.136. The molecule has 0 aliphatic carbocycles. The molecular weight excluding hydrogens is 494 g/mol. The highest BCUT2D eigenvalue weighted by Crippen LogP contribution is 2.32. The summed E-state index contributed by atoms with van der Waals surface area (Å²) in [6.07, 6.45) is 2.72. The number of hydrogen-bond acceptors (Lipinski definition) is 7. The first-order valence-corrected chi connectivity index (χ1v) is 14.1. The lowest BCUT2D eigenvalue weighted by atomic mass is 9.95. The summed E-state index contributed by atoms with van der Waals surface area (Å²) >= 11 is 0. The SMILES string of the molecule is O=C1CCC(N2C(=O)c3ccc(-c4cccc(CN5CCC(CN6CCNCC6)CC5)c4)cc3C2=O)C(=O)N1. The molecule has 9 heteroatoms. The van der Waals surface area contributed by atoms with Crippen LogP contribution in [0, 0.1) is 5.92 Å². The molecule has 4 aliphatic heterocycles. The molecule has 2 aromatic rings. The molecule has 0 aromatic heterocycles. The minimum Gasteiger partial charge on any atom is -0.314 e. The summed E-state index contributed by atoms with van der Waals surface area (Å²) < 4.78 is 0. The molecule has 9 nitrogen and oxygen atoms in total. The summed E-state index contributed by atoms with van der Waals surface area (Å²) in [5, 5.41) is 5.67. The molecule has 0 radical (unpaired) electrons. The molecule has 0 spiro atoms. The van der Waals surface area contributed by atoms with E-state index in [-0.39, 0.29) is 18.7 Å². The fourth-order valence-corrected chi connectivity index (χ4v) is 6.34. The summed E-state index contributed by atoms with van der Waals surface area (Å²) in [4.78, 5) is 56.3. The van der Waals surface area contributed by atoms with Crippen LogP contribution in [0.15, 0.2) is 42.5 Å². The topological polar surface area (TPSA) is 102 Å². The van der Waals surface area contributed by atoms with Crippen LogP contribution in [0.2, 0.25) is 0 Å². The van der Waals surface area contributed by atoms with Gasteiger partial charge < -0.3 is 10.2 Å². The Labute approximate surface area is 228 Å². The van der Waals surface area contributed by atoms with Crippen LogP contribution in [-0.4, -0.2) is 90.2 Å². The Morgan fingerprint density at radius 2 is 1.51 bits per heavy atom. The van der Waals surface area contributed by atoms with E-state index in [1.807, 2.05) is 18.2 Å². The Morgan fingerprint density at radius 3 is 2.28 bits per heavy atom. The molecule has 6 rings (SSSR count). The van der Waals surface area contributed by atoms with Gasteiger partial charge in [0.25, 0.3) is 11.8 Å². The summed E-state index contributed by atoms with van der Waals surface area (Å²) in [5.41, 5.74) is 3.67. The number of carbonyl (C=O) groups excluding carboxylic acids is 4. The molecule has 3 saturated heterocycles. The molecule has 39 heavy (non-hydrogen) atoms. The summed E-state index contributed by atoms with van der Waals surface area (Å²) in [7, 11) is 0. The molecule has 4 heterocycles. The molecule has 2 N–H and O–H groups in total. The molecule has 204 valence electrons. The number of hydrogen-bond donors (Lipinski definition) is 2. The van der Waals surface area contributed by atoms with Gasteiger partial charge in [0.15, 0.2) is 0 Å². The zero-order chi connectivity index (χ0) is 26.9. The zero-order valence-electron chi connectivity index (χ0n) is 22.2. The Hall–Kier alpha value is -3.40. The van der Waals surface area contributed by atoms with Crippen molar-refractivity contribution < 1.29 is 19.2 Å². The highest BCUT2D eigenvalue weighted by atomic mass is 16.2. The lowest BCUT2D eigenvalue weighted by Crippen LogP contribution is -2.54. The predicted octanol–water partition coefficient (Wildman–Crippen LogP) is 1.87. The highest BCUT2D eigenvalue weighted by Gasteiger charge is 2.44. The quantitative estimate of drug-likeness (QED) is 0.551. The fraction of sp³-hybridized carbons (Fsp3) is 0.467. The number of piperazine rings is 1. The molecule has 4 aliphatic rings. The van der Waals surface area contributed by atoms with Gasteiger partial charge in [0.2, 0.25) is 11.8 Å². The van der Waals surface area contributed by atoms with Crippen LogP contribution in [0.3, 0.4) is 0 Å². The van der Waals surface area contributed by atoms with E-state index in [9.17, 15) is 19.2 Å². The number of rotatable bonds is 6. The minimum absolute atomic E-state index is 0.107. The van der Waals surface area contributed by atoms with Gasteiger partial charge in [-0.25, -0.2) is 0 Å². The van der Waals surface area contributed by atoms with Gasteiger partial charge in [-0.05, 0) is 73.2 Å². The predicted molar refractivity (Wildman–Crippen MR) is 146 cm³/mol. The number of fused-ring (bicyclic) bond motifs is 1. The van der Waals surface area contributed by atoms with Crippen LogP contribution in [-0.2, 0) is 16.1 Å². The van der Waals surface area contributed by atoms with Gasteiger partial charge >= 0.3 is 0 Å². The normalized spacial score (nSPS) is 23.3. The van der Waals surface area contributed by atoms with Crippen LogP contribution in [0.1, 0.15) is 52.0 Å². The van der Waals surface area contributed by atoms with Gasteiger partial charge in [0, 0.05) is 45.7 Å². The maximum absolute atomic E-state index is 13.2. The number of likely N-dealkylation sites (tertiary alicyclic amines) is 1. The Kier molecular flexibility index (Phi) is 7.29. The third kappa shape index (κ3) is 5.39. The highest BCUT2D eigenvalue weighted by molar-refractivity contribution is 6.23. The Bertz CT molecular complexity index is 1300. The largest absolute Gasteiger partial charge is 0.314 e. The standard InChI is InChI=1S/C30H35N5O4/c36-27-7-6-26(28(37)32-27)35-29(38)24-5-4-23(17-25(24)30(35)39)22-3-1-2-21(16-22)19-33-12-8-20(9-13-33)18-34-14-10-31-11-15-34/h1-5,16-17,20,26,31H,6-15,18-19H2,(H,32,36,37). The van der Waals surface area contributed by atoms with Crippen molar-refractivity contribution in [2.75, 3.05) is 45.8 Å². The van der Waals surface area contributed by atoms with E-state index < -0.39 is 23.8 Å². The van der Waals surface area contributed by atoms with Crippen molar-refractivity contribution in [2.45, 2.75) is 38.3 Å². The van der Waals surface area contributed by atoms with Crippen LogP contribution >= 0.6 is 0 Å². The van der Waals surface area contributed by atoms with Crippen LogP contribution in [0.25, 0.3) is 11.1 Å². The van der Waals surface area contributed by atoms with Crippen LogP contribution < -0.4 is 10.6 Å². The average molecular weight is 530 g/mol. The number of piperidine rings is 2. The number of nitrogens with one attached hydrogen (secondary N) is 2. The summed E-state index contributed by atoms with van der Waals surface area (Å²) in [5.74, 6) is -1.16. The van der Waals surface area contributed by atoms with Crippen molar-refractivity contribution in [3.63, 3.8) is 0 Å². The maximum atomic E-state index is 13.2. The monoisotopic (exact) mass is 529 g/mol. The zero-order valence-corrected chi connectivity index (χ0v) is 22.2. The first kappa shape index (κ1) is 25.9. The third-order valence-corrected chi connectivity index (χ3v) is 8.54. The molecular formula is C30H35N5O4. The van der Waals surface area contributed by atoms with Gasteiger partial charge in [-0.2, -0.15) is 0 Å². The number of carbonyl (C=O) groups is 4. The Balaban J connectivity index is 1.11. The van der Waals surface area contributed by atoms with E-state index in [0.29, 0.717) is 11.1 Å². The minimum atomic E-state index is -0.956. The number of benzene rings is 2.